The summed E-state index contributed by atoms with van der Waals surface area (Å²) in [6.45, 7) is 0. The normalized spacial score (nSPS) is 11.6. The maximum Gasteiger partial charge on any atom is 0.0542 e. The fourth-order valence-electron chi connectivity index (χ4n) is 7.77. The first-order valence-corrected chi connectivity index (χ1v) is 17.2. The summed E-state index contributed by atoms with van der Waals surface area (Å²) >= 11 is 0. The number of aromatic nitrogens is 2. The molecule has 0 radical (unpaired) electrons. The Morgan fingerprint density at radius 3 is 1.24 bits per heavy atom. The molecule has 10 rings (SSSR count). The van der Waals surface area contributed by atoms with Gasteiger partial charge in [-0.25, -0.2) is 0 Å². The lowest BCUT2D eigenvalue weighted by molar-refractivity contribution is 1.17. The Kier molecular flexibility index (Phi) is 6.53. The van der Waals surface area contributed by atoms with Crippen LogP contribution in [0.15, 0.2) is 194 Å². The average Bonchev–Trinajstić information content (AvgIpc) is 3.71. The SMILES string of the molecule is c1ccc(-c2ccc(-c3cccc(-c4cccc(-n5c6ccccc6c6cc(-n7c8ccccc8c8ccccc87)ccc65)c4)c3)cc2)cc1. The van der Waals surface area contributed by atoms with Crippen molar-refractivity contribution < 1.29 is 0 Å². The highest BCUT2D eigenvalue weighted by Crippen LogP contribution is 2.38. The van der Waals surface area contributed by atoms with Gasteiger partial charge in [-0.3, -0.25) is 0 Å². The van der Waals surface area contributed by atoms with Crippen molar-refractivity contribution in [3.05, 3.63) is 194 Å². The quantitative estimate of drug-likeness (QED) is 0.178. The van der Waals surface area contributed by atoms with E-state index in [2.05, 4.69) is 203 Å². The molecule has 0 aliphatic heterocycles. The van der Waals surface area contributed by atoms with Crippen LogP contribution in [0.3, 0.4) is 0 Å². The van der Waals surface area contributed by atoms with Gasteiger partial charge in [0.2, 0.25) is 0 Å². The van der Waals surface area contributed by atoms with Crippen molar-refractivity contribution in [1.82, 2.24) is 9.13 Å². The molecule has 2 heterocycles. The Labute approximate surface area is 290 Å². The number of hydrogen-bond acceptors (Lipinski definition) is 0. The van der Waals surface area contributed by atoms with Crippen molar-refractivity contribution in [3.8, 4) is 44.8 Å². The van der Waals surface area contributed by atoms with E-state index in [1.54, 1.807) is 0 Å². The molecule has 2 nitrogen and oxygen atoms in total. The van der Waals surface area contributed by atoms with E-state index in [9.17, 15) is 0 Å². The third kappa shape index (κ3) is 4.57. The molecular formula is C48H32N2. The van der Waals surface area contributed by atoms with E-state index < -0.39 is 0 Å². The Bertz CT molecular complexity index is 2800. The molecule has 0 aliphatic carbocycles. The summed E-state index contributed by atoms with van der Waals surface area (Å²) in [5, 5.41) is 5.04. The van der Waals surface area contributed by atoms with Gasteiger partial charge in [0.1, 0.15) is 0 Å². The predicted molar refractivity (Wildman–Crippen MR) is 211 cm³/mol. The fourth-order valence-corrected chi connectivity index (χ4v) is 7.77. The van der Waals surface area contributed by atoms with Crippen molar-refractivity contribution in [2.45, 2.75) is 0 Å². The molecule has 2 heteroatoms. The molecule has 234 valence electrons. The molecule has 0 fully saturated rings. The van der Waals surface area contributed by atoms with Gasteiger partial charge in [-0.15, -0.1) is 0 Å². The van der Waals surface area contributed by atoms with Crippen molar-refractivity contribution in [2.75, 3.05) is 0 Å². The summed E-state index contributed by atoms with van der Waals surface area (Å²) in [6.07, 6.45) is 0. The topological polar surface area (TPSA) is 9.86 Å². The van der Waals surface area contributed by atoms with E-state index in [4.69, 9.17) is 0 Å². The van der Waals surface area contributed by atoms with Crippen molar-refractivity contribution in [3.63, 3.8) is 0 Å². The predicted octanol–water partition coefficient (Wildman–Crippen LogP) is 12.9. The van der Waals surface area contributed by atoms with Gasteiger partial charge < -0.3 is 9.13 Å². The minimum Gasteiger partial charge on any atom is -0.309 e. The highest BCUT2D eigenvalue weighted by atomic mass is 15.0. The maximum atomic E-state index is 2.41. The number of fused-ring (bicyclic) bond motifs is 6. The van der Waals surface area contributed by atoms with Crippen LogP contribution < -0.4 is 0 Å². The number of nitrogens with zero attached hydrogens (tertiary/aromatic N) is 2. The van der Waals surface area contributed by atoms with Gasteiger partial charge in [0.25, 0.3) is 0 Å². The summed E-state index contributed by atoms with van der Waals surface area (Å²) < 4.78 is 4.81. The lowest BCUT2D eigenvalue weighted by Gasteiger charge is -2.12. The molecule has 0 aliphatic rings. The second-order valence-electron chi connectivity index (χ2n) is 13.0. The molecule has 0 bridgehead atoms. The van der Waals surface area contributed by atoms with Crippen LogP contribution in [-0.2, 0) is 0 Å². The van der Waals surface area contributed by atoms with Crippen LogP contribution in [-0.4, -0.2) is 9.13 Å². The van der Waals surface area contributed by atoms with Crippen molar-refractivity contribution in [1.29, 1.82) is 0 Å². The van der Waals surface area contributed by atoms with E-state index in [0.717, 1.165) is 5.69 Å². The second-order valence-corrected chi connectivity index (χ2v) is 13.0. The second kappa shape index (κ2) is 11.5. The van der Waals surface area contributed by atoms with Crippen LogP contribution in [0.4, 0.5) is 0 Å². The van der Waals surface area contributed by atoms with Gasteiger partial charge in [0.05, 0.1) is 22.1 Å². The average molecular weight is 637 g/mol. The minimum atomic E-state index is 1.15. The molecule has 0 amide bonds. The van der Waals surface area contributed by atoms with Gasteiger partial charge in [0.15, 0.2) is 0 Å². The van der Waals surface area contributed by atoms with Gasteiger partial charge in [-0.1, -0.05) is 140 Å². The van der Waals surface area contributed by atoms with Gasteiger partial charge in [-0.05, 0) is 88.0 Å². The molecule has 0 saturated heterocycles. The van der Waals surface area contributed by atoms with Crippen LogP contribution in [0.2, 0.25) is 0 Å². The number of para-hydroxylation sites is 3. The smallest absolute Gasteiger partial charge is 0.0542 e. The zero-order valence-corrected chi connectivity index (χ0v) is 27.4. The third-order valence-electron chi connectivity index (χ3n) is 10.1. The Balaban J connectivity index is 1.07. The van der Waals surface area contributed by atoms with Crippen LogP contribution in [0.5, 0.6) is 0 Å². The zero-order chi connectivity index (χ0) is 33.0. The standard InChI is InChI=1S/C48H32N2/c1-2-12-33(13-3-1)34-24-26-35(27-25-34)36-14-10-15-37(30-36)38-16-11-17-39(31-38)49-47-23-9-6-20-43(47)44-32-40(28-29-48(44)49)50-45-21-7-4-18-41(45)42-19-5-8-22-46(42)50/h1-32H. The van der Waals surface area contributed by atoms with Crippen LogP contribution >= 0.6 is 0 Å². The van der Waals surface area contributed by atoms with Gasteiger partial charge in [-0.2, -0.15) is 0 Å². The molecule has 0 saturated carbocycles. The lowest BCUT2D eigenvalue weighted by atomic mass is 9.97. The van der Waals surface area contributed by atoms with Crippen LogP contribution in [0, 0.1) is 0 Å². The van der Waals surface area contributed by atoms with E-state index in [1.807, 2.05) is 0 Å². The Morgan fingerprint density at radius 2 is 0.620 bits per heavy atom. The van der Waals surface area contributed by atoms with E-state index in [0.29, 0.717) is 0 Å². The van der Waals surface area contributed by atoms with E-state index in [-0.39, 0.29) is 0 Å². The minimum absolute atomic E-state index is 1.15. The molecule has 8 aromatic carbocycles. The third-order valence-corrected chi connectivity index (χ3v) is 10.1. The first kappa shape index (κ1) is 28.4. The molecule has 10 aromatic rings. The summed E-state index contributed by atoms with van der Waals surface area (Å²) in [5.41, 5.74) is 14.4. The zero-order valence-electron chi connectivity index (χ0n) is 27.4. The number of benzene rings is 8. The number of rotatable bonds is 5. The first-order valence-electron chi connectivity index (χ1n) is 17.2. The summed E-state index contributed by atoms with van der Waals surface area (Å²) in [7, 11) is 0. The summed E-state index contributed by atoms with van der Waals surface area (Å²) in [5.74, 6) is 0. The van der Waals surface area contributed by atoms with Gasteiger partial charge in [0, 0.05) is 32.9 Å². The van der Waals surface area contributed by atoms with E-state index in [1.165, 1.54) is 82.7 Å². The molecule has 0 atom stereocenters. The van der Waals surface area contributed by atoms with Crippen molar-refractivity contribution >= 4 is 43.6 Å². The van der Waals surface area contributed by atoms with E-state index >= 15 is 0 Å². The highest BCUT2D eigenvalue weighted by Gasteiger charge is 2.16. The van der Waals surface area contributed by atoms with Crippen molar-refractivity contribution in [2.24, 2.45) is 0 Å². The monoisotopic (exact) mass is 636 g/mol. The summed E-state index contributed by atoms with van der Waals surface area (Å²) in [6, 6.07) is 70.4. The number of hydrogen-bond donors (Lipinski definition) is 0. The Hall–Kier alpha value is -6.64. The van der Waals surface area contributed by atoms with Crippen LogP contribution in [0.1, 0.15) is 0 Å². The lowest BCUT2D eigenvalue weighted by Crippen LogP contribution is -1.96. The molecule has 2 aromatic heterocycles. The molecular weight excluding hydrogens is 605 g/mol. The summed E-state index contributed by atoms with van der Waals surface area (Å²) in [4.78, 5) is 0. The van der Waals surface area contributed by atoms with Crippen LogP contribution in [0.25, 0.3) is 88.4 Å². The highest BCUT2D eigenvalue weighted by molar-refractivity contribution is 6.12. The van der Waals surface area contributed by atoms with Gasteiger partial charge >= 0.3 is 0 Å². The first-order chi connectivity index (χ1) is 24.8. The largest absolute Gasteiger partial charge is 0.309 e. The molecule has 0 spiro atoms. The maximum absolute atomic E-state index is 2.41. The fraction of sp³-hybridized carbons (Fsp3) is 0. The molecule has 0 unspecified atom stereocenters. The molecule has 0 N–H and O–H groups in total. The Morgan fingerprint density at radius 1 is 0.220 bits per heavy atom. The molecule has 50 heavy (non-hydrogen) atoms.